The molecule has 0 aliphatic carbocycles. The Morgan fingerprint density at radius 2 is 1.90 bits per heavy atom. The fraction of sp³-hybridized carbons (Fsp3) is 0.308. The van der Waals surface area contributed by atoms with Crippen LogP contribution >= 0.6 is 23.2 Å². The summed E-state index contributed by atoms with van der Waals surface area (Å²) in [4.78, 5) is 35.8. The minimum absolute atomic E-state index is 0.0624. The lowest BCUT2D eigenvalue weighted by atomic mass is 10.2. The molecule has 0 unspecified atom stereocenters. The van der Waals surface area contributed by atoms with Gasteiger partial charge in [0.15, 0.2) is 6.61 Å². The molecular weight excluding hydrogens is 319 g/mol. The summed E-state index contributed by atoms with van der Waals surface area (Å²) in [5.41, 5.74) is 0.0707. The van der Waals surface area contributed by atoms with E-state index >= 15 is 0 Å². The van der Waals surface area contributed by atoms with Gasteiger partial charge in [-0.05, 0) is 12.1 Å². The molecule has 0 spiro atoms. The topological polar surface area (TPSA) is 75.7 Å². The minimum Gasteiger partial charge on any atom is -0.452 e. The number of likely N-dealkylation sites (N-methyl/N-ethyl adjacent to an activating group) is 1. The van der Waals surface area contributed by atoms with Crippen LogP contribution in [0, 0.1) is 0 Å². The van der Waals surface area contributed by atoms with E-state index in [4.69, 9.17) is 27.9 Å². The van der Waals surface area contributed by atoms with E-state index in [-0.39, 0.29) is 28.1 Å². The first-order chi connectivity index (χ1) is 9.82. The fourth-order valence-corrected chi connectivity index (χ4v) is 1.63. The third-order valence-electron chi connectivity index (χ3n) is 2.44. The molecule has 1 rings (SSSR count). The predicted molar refractivity (Wildman–Crippen MR) is 78.4 cm³/mol. The van der Waals surface area contributed by atoms with Crippen LogP contribution < -0.4 is 5.32 Å². The average Bonchev–Trinajstić information content (AvgIpc) is 2.44. The van der Waals surface area contributed by atoms with Gasteiger partial charge in [0, 0.05) is 14.1 Å². The van der Waals surface area contributed by atoms with Crippen LogP contribution in [0.2, 0.25) is 10.0 Å². The van der Waals surface area contributed by atoms with Crippen LogP contribution in [0.5, 0.6) is 0 Å². The molecule has 0 heterocycles. The Hall–Kier alpha value is -1.79. The Bertz CT molecular complexity index is 561. The van der Waals surface area contributed by atoms with Crippen molar-refractivity contribution in [1.82, 2.24) is 10.2 Å². The van der Waals surface area contributed by atoms with Gasteiger partial charge in [-0.3, -0.25) is 9.59 Å². The van der Waals surface area contributed by atoms with Gasteiger partial charge in [-0.25, -0.2) is 4.79 Å². The average molecular weight is 333 g/mol. The lowest BCUT2D eigenvalue weighted by Gasteiger charge is -2.11. The largest absolute Gasteiger partial charge is 0.452 e. The van der Waals surface area contributed by atoms with E-state index in [2.05, 4.69) is 5.32 Å². The summed E-state index contributed by atoms with van der Waals surface area (Å²) in [6.07, 6.45) is 0. The molecule has 0 fully saturated rings. The minimum atomic E-state index is -0.767. The fourth-order valence-electron chi connectivity index (χ4n) is 1.25. The number of rotatable bonds is 5. The maximum atomic E-state index is 11.7. The molecule has 0 aliphatic heterocycles. The molecule has 1 N–H and O–H groups in total. The number of hydrogen-bond donors (Lipinski definition) is 1. The first-order valence-corrected chi connectivity index (χ1v) is 6.66. The maximum Gasteiger partial charge on any atom is 0.340 e. The van der Waals surface area contributed by atoms with E-state index in [1.54, 1.807) is 20.2 Å². The SMILES string of the molecule is CN(C)C(=O)CNC(=O)COC(=O)c1cccc(Cl)c1Cl. The highest BCUT2D eigenvalue weighted by Crippen LogP contribution is 2.25. The second kappa shape index (κ2) is 7.85. The number of ether oxygens (including phenoxy) is 1. The number of esters is 1. The second-order valence-corrected chi connectivity index (χ2v) is 5.03. The number of amides is 2. The summed E-state index contributed by atoms with van der Waals surface area (Å²) >= 11 is 11.6. The van der Waals surface area contributed by atoms with Crippen LogP contribution in [-0.4, -0.2) is 49.9 Å². The number of halogens is 2. The van der Waals surface area contributed by atoms with E-state index in [0.29, 0.717) is 0 Å². The highest BCUT2D eigenvalue weighted by atomic mass is 35.5. The highest BCUT2D eigenvalue weighted by molar-refractivity contribution is 6.43. The summed E-state index contributed by atoms with van der Waals surface area (Å²) in [5.74, 6) is -1.62. The van der Waals surface area contributed by atoms with Gasteiger partial charge in [0.05, 0.1) is 22.2 Å². The molecule has 2 amide bonds. The Morgan fingerprint density at radius 1 is 1.24 bits per heavy atom. The van der Waals surface area contributed by atoms with Crippen molar-refractivity contribution in [1.29, 1.82) is 0 Å². The van der Waals surface area contributed by atoms with E-state index < -0.39 is 18.5 Å². The van der Waals surface area contributed by atoms with Gasteiger partial charge in [-0.2, -0.15) is 0 Å². The van der Waals surface area contributed by atoms with Crippen LogP contribution in [0.1, 0.15) is 10.4 Å². The number of carbonyl (C=O) groups excluding carboxylic acids is 3. The molecule has 0 saturated carbocycles. The molecule has 6 nitrogen and oxygen atoms in total. The highest BCUT2D eigenvalue weighted by Gasteiger charge is 2.15. The number of nitrogens with one attached hydrogen (secondary N) is 1. The molecule has 8 heteroatoms. The van der Waals surface area contributed by atoms with Crippen molar-refractivity contribution in [2.45, 2.75) is 0 Å². The molecule has 0 aliphatic rings. The van der Waals surface area contributed by atoms with Crippen molar-refractivity contribution in [2.75, 3.05) is 27.2 Å². The molecule has 1 aromatic rings. The summed E-state index contributed by atoms with van der Waals surface area (Å²) < 4.78 is 4.80. The second-order valence-electron chi connectivity index (χ2n) is 4.24. The molecule has 114 valence electrons. The number of nitrogens with zero attached hydrogens (tertiary/aromatic N) is 1. The predicted octanol–water partition coefficient (Wildman–Crippen LogP) is 1.35. The molecule has 0 aromatic heterocycles. The summed E-state index contributed by atoms with van der Waals surface area (Å²) in [7, 11) is 3.13. The quantitative estimate of drug-likeness (QED) is 0.826. The Labute approximate surface area is 132 Å². The zero-order valence-electron chi connectivity index (χ0n) is 11.5. The van der Waals surface area contributed by atoms with Crippen molar-refractivity contribution >= 4 is 41.0 Å². The first-order valence-electron chi connectivity index (χ1n) is 5.91. The van der Waals surface area contributed by atoms with E-state index in [0.717, 1.165) is 0 Å². The van der Waals surface area contributed by atoms with Gasteiger partial charge in [0.1, 0.15) is 0 Å². The van der Waals surface area contributed by atoms with E-state index in [1.807, 2.05) is 0 Å². The van der Waals surface area contributed by atoms with Gasteiger partial charge in [-0.15, -0.1) is 0 Å². The van der Waals surface area contributed by atoms with Gasteiger partial charge < -0.3 is 15.0 Å². The third kappa shape index (κ3) is 5.24. The molecule has 0 saturated heterocycles. The molecule has 0 bridgehead atoms. The van der Waals surface area contributed by atoms with Crippen LogP contribution in [0.4, 0.5) is 0 Å². The van der Waals surface area contributed by atoms with Crippen molar-refractivity contribution in [3.63, 3.8) is 0 Å². The first kappa shape index (κ1) is 17.3. The molecule has 1 aromatic carbocycles. The van der Waals surface area contributed by atoms with Gasteiger partial charge >= 0.3 is 5.97 Å². The molecule has 21 heavy (non-hydrogen) atoms. The van der Waals surface area contributed by atoms with Gasteiger partial charge in [-0.1, -0.05) is 29.3 Å². The lowest BCUT2D eigenvalue weighted by Crippen LogP contribution is -2.38. The molecular formula is C13H14Cl2N2O4. The smallest absolute Gasteiger partial charge is 0.340 e. The molecule has 0 atom stereocenters. The lowest BCUT2D eigenvalue weighted by molar-refractivity contribution is -0.131. The van der Waals surface area contributed by atoms with Crippen LogP contribution in [0.15, 0.2) is 18.2 Å². The monoisotopic (exact) mass is 332 g/mol. The zero-order valence-corrected chi connectivity index (χ0v) is 13.0. The van der Waals surface area contributed by atoms with Crippen LogP contribution in [0.3, 0.4) is 0 Å². The van der Waals surface area contributed by atoms with Crippen molar-refractivity contribution in [3.8, 4) is 0 Å². The van der Waals surface area contributed by atoms with Crippen molar-refractivity contribution in [3.05, 3.63) is 33.8 Å². The Kier molecular flexibility index (Phi) is 6.45. The molecule has 0 radical (unpaired) electrons. The van der Waals surface area contributed by atoms with Gasteiger partial charge in [0.2, 0.25) is 5.91 Å². The third-order valence-corrected chi connectivity index (χ3v) is 3.26. The summed E-state index contributed by atoms with van der Waals surface area (Å²) in [6, 6.07) is 4.50. The van der Waals surface area contributed by atoms with E-state index in [1.165, 1.54) is 17.0 Å². The van der Waals surface area contributed by atoms with Gasteiger partial charge in [0.25, 0.3) is 5.91 Å². The summed E-state index contributed by atoms with van der Waals surface area (Å²) in [6.45, 7) is -0.677. The number of carbonyl (C=O) groups is 3. The standard InChI is InChI=1S/C13H14Cl2N2O4/c1-17(2)11(19)6-16-10(18)7-21-13(20)8-4-3-5-9(14)12(8)15/h3-5H,6-7H2,1-2H3,(H,16,18). The normalized spacial score (nSPS) is 9.90. The number of benzene rings is 1. The van der Waals surface area contributed by atoms with Crippen LogP contribution in [-0.2, 0) is 14.3 Å². The Morgan fingerprint density at radius 3 is 2.52 bits per heavy atom. The summed E-state index contributed by atoms with van der Waals surface area (Å²) in [5, 5.41) is 2.61. The van der Waals surface area contributed by atoms with E-state index in [9.17, 15) is 14.4 Å². The number of hydrogen-bond acceptors (Lipinski definition) is 4. The Balaban J connectivity index is 2.48. The van der Waals surface area contributed by atoms with Crippen molar-refractivity contribution in [2.24, 2.45) is 0 Å². The van der Waals surface area contributed by atoms with Crippen molar-refractivity contribution < 1.29 is 19.1 Å². The zero-order chi connectivity index (χ0) is 16.0. The maximum absolute atomic E-state index is 11.7. The van der Waals surface area contributed by atoms with Crippen LogP contribution in [0.25, 0.3) is 0 Å².